The van der Waals surface area contributed by atoms with Gasteiger partial charge in [0.2, 0.25) is 5.91 Å². The second-order valence-electron chi connectivity index (χ2n) is 6.80. The normalized spacial score (nSPS) is 21.9. The molecule has 1 aliphatic rings. The standard InChI is InChI=1S/C17H25NO2/c1-11(2)12-5-7-13(8-6-12)14-9-15(14)16(20)18-17(3,4)10-19/h5-8,11,14-15,19H,9-10H2,1-4H3,(H,18,20). The summed E-state index contributed by atoms with van der Waals surface area (Å²) in [6.07, 6.45) is 0.911. The van der Waals surface area contributed by atoms with Gasteiger partial charge in [-0.1, -0.05) is 38.1 Å². The van der Waals surface area contributed by atoms with E-state index in [1.807, 2.05) is 13.8 Å². The van der Waals surface area contributed by atoms with Crippen molar-refractivity contribution in [2.75, 3.05) is 6.61 Å². The van der Waals surface area contributed by atoms with Crippen LogP contribution in [0.25, 0.3) is 0 Å². The Hall–Kier alpha value is -1.35. The third-order valence-corrected chi connectivity index (χ3v) is 4.02. The predicted molar refractivity (Wildman–Crippen MR) is 80.7 cm³/mol. The van der Waals surface area contributed by atoms with Crippen LogP contribution in [0.4, 0.5) is 0 Å². The molecule has 2 atom stereocenters. The maximum absolute atomic E-state index is 12.1. The number of rotatable bonds is 5. The van der Waals surface area contributed by atoms with Gasteiger partial charge in [0.1, 0.15) is 0 Å². The number of carbonyl (C=O) groups is 1. The Morgan fingerprint density at radius 2 is 1.95 bits per heavy atom. The molecule has 1 aromatic carbocycles. The summed E-state index contributed by atoms with van der Waals surface area (Å²) in [5.74, 6) is 0.992. The number of nitrogens with one attached hydrogen (secondary N) is 1. The molecule has 0 aromatic heterocycles. The van der Waals surface area contributed by atoms with Crippen LogP contribution in [0.3, 0.4) is 0 Å². The van der Waals surface area contributed by atoms with E-state index in [0.717, 1.165) is 6.42 Å². The second-order valence-corrected chi connectivity index (χ2v) is 6.80. The fourth-order valence-corrected chi connectivity index (χ4v) is 2.45. The molecule has 2 rings (SSSR count). The van der Waals surface area contributed by atoms with Crippen molar-refractivity contribution in [2.45, 2.75) is 51.5 Å². The average Bonchev–Trinajstić information content (AvgIpc) is 3.18. The Morgan fingerprint density at radius 3 is 2.45 bits per heavy atom. The molecule has 1 aliphatic carbocycles. The highest BCUT2D eigenvalue weighted by molar-refractivity contribution is 5.83. The molecule has 1 saturated carbocycles. The van der Waals surface area contributed by atoms with Gasteiger partial charge in [-0.25, -0.2) is 0 Å². The summed E-state index contributed by atoms with van der Waals surface area (Å²) in [5.41, 5.74) is 2.04. The smallest absolute Gasteiger partial charge is 0.224 e. The highest BCUT2D eigenvalue weighted by Gasteiger charge is 2.44. The van der Waals surface area contributed by atoms with E-state index in [1.54, 1.807) is 0 Å². The molecule has 0 spiro atoms. The number of benzene rings is 1. The van der Waals surface area contributed by atoms with E-state index < -0.39 is 5.54 Å². The van der Waals surface area contributed by atoms with Crippen LogP contribution in [0, 0.1) is 5.92 Å². The first kappa shape index (κ1) is 15.0. The summed E-state index contributed by atoms with van der Waals surface area (Å²) in [4.78, 5) is 12.1. The predicted octanol–water partition coefficient (Wildman–Crippen LogP) is 2.80. The molecule has 1 aromatic rings. The molecule has 0 heterocycles. The van der Waals surface area contributed by atoms with Crippen molar-refractivity contribution in [1.29, 1.82) is 0 Å². The van der Waals surface area contributed by atoms with Gasteiger partial charge in [-0.15, -0.1) is 0 Å². The molecule has 2 N–H and O–H groups in total. The van der Waals surface area contributed by atoms with Gasteiger partial charge in [-0.05, 0) is 43.2 Å². The lowest BCUT2D eigenvalue weighted by Gasteiger charge is -2.23. The van der Waals surface area contributed by atoms with Crippen LogP contribution < -0.4 is 5.32 Å². The molecular formula is C17H25NO2. The van der Waals surface area contributed by atoms with Crippen LogP contribution in [0.2, 0.25) is 0 Å². The molecule has 3 heteroatoms. The molecule has 110 valence electrons. The summed E-state index contributed by atoms with van der Waals surface area (Å²) in [7, 11) is 0. The number of hydrogen-bond acceptors (Lipinski definition) is 2. The first-order valence-corrected chi connectivity index (χ1v) is 7.37. The molecule has 1 fully saturated rings. The van der Waals surface area contributed by atoms with Crippen molar-refractivity contribution < 1.29 is 9.90 Å². The Morgan fingerprint density at radius 1 is 1.35 bits per heavy atom. The first-order chi connectivity index (χ1) is 9.34. The van der Waals surface area contributed by atoms with Gasteiger partial charge >= 0.3 is 0 Å². The Kier molecular flexibility index (Phi) is 4.19. The fraction of sp³-hybridized carbons (Fsp3) is 0.588. The van der Waals surface area contributed by atoms with Crippen LogP contribution in [-0.4, -0.2) is 23.2 Å². The van der Waals surface area contributed by atoms with E-state index in [9.17, 15) is 9.90 Å². The van der Waals surface area contributed by atoms with Crippen molar-refractivity contribution in [2.24, 2.45) is 5.92 Å². The van der Waals surface area contributed by atoms with E-state index in [-0.39, 0.29) is 18.4 Å². The second kappa shape index (κ2) is 5.57. The van der Waals surface area contributed by atoms with Gasteiger partial charge in [0.05, 0.1) is 12.1 Å². The SMILES string of the molecule is CC(C)c1ccc(C2CC2C(=O)NC(C)(C)CO)cc1. The van der Waals surface area contributed by atoms with E-state index in [2.05, 4.69) is 43.4 Å². The van der Waals surface area contributed by atoms with Crippen LogP contribution in [0.1, 0.15) is 57.1 Å². The van der Waals surface area contributed by atoms with Crippen molar-refractivity contribution >= 4 is 5.91 Å². The third kappa shape index (κ3) is 3.40. The van der Waals surface area contributed by atoms with E-state index in [4.69, 9.17) is 0 Å². The van der Waals surface area contributed by atoms with Crippen LogP contribution in [0.5, 0.6) is 0 Å². The maximum atomic E-state index is 12.1. The lowest BCUT2D eigenvalue weighted by Crippen LogP contribution is -2.47. The molecular weight excluding hydrogens is 250 g/mol. The summed E-state index contributed by atoms with van der Waals surface area (Å²) < 4.78 is 0. The summed E-state index contributed by atoms with van der Waals surface area (Å²) in [6, 6.07) is 8.60. The number of hydrogen-bond donors (Lipinski definition) is 2. The number of aliphatic hydroxyl groups is 1. The van der Waals surface area contributed by atoms with Crippen LogP contribution >= 0.6 is 0 Å². The molecule has 2 unspecified atom stereocenters. The molecule has 20 heavy (non-hydrogen) atoms. The Labute approximate surface area is 121 Å². The van der Waals surface area contributed by atoms with Crippen LogP contribution in [-0.2, 0) is 4.79 Å². The van der Waals surface area contributed by atoms with Gasteiger partial charge in [-0.3, -0.25) is 4.79 Å². The highest BCUT2D eigenvalue weighted by atomic mass is 16.3. The van der Waals surface area contributed by atoms with Crippen molar-refractivity contribution in [1.82, 2.24) is 5.32 Å². The van der Waals surface area contributed by atoms with E-state index >= 15 is 0 Å². The molecule has 0 radical (unpaired) electrons. The lowest BCUT2D eigenvalue weighted by molar-refractivity contribution is -0.124. The minimum absolute atomic E-state index is 0.0424. The average molecular weight is 275 g/mol. The number of carbonyl (C=O) groups excluding carboxylic acids is 1. The monoisotopic (exact) mass is 275 g/mol. The summed E-state index contributed by atoms with van der Waals surface area (Å²) >= 11 is 0. The third-order valence-electron chi connectivity index (χ3n) is 4.02. The zero-order chi connectivity index (χ0) is 14.9. The molecule has 1 amide bonds. The van der Waals surface area contributed by atoms with E-state index in [1.165, 1.54) is 11.1 Å². The summed E-state index contributed by atoms with van der Waals surface area (Å²) in [6.45, 7) is 7.98. The Bertz CT molecular complexity index is 476. The number of aliphatic hydroxyl groups excluding tert-OH is 1. The van der Waals surface area contributed by atoms with Crippen molar-refractivity contribution in [3.8, 4) is 0 Å². The van der Waals surface area contributed by atoms with Crippen molar-refractivity contribution in [3.05, 3.63) is 35.4 Å². The minimum atomic E-state index is -0.536. The topological polar surface area (TPSA) is 49.3 Å². The van der Waals surface area contributed by atoms with Gasteiger partial charge in [0.15, 0.2) is 0 Å². The number of amides is 1. The van der Waals surface area contributed by atoms with Crippen molar-refractivity contribution in [3.63, 3.8) is 0 Å². The highest BCUT2D eigenvalue weighted by Crippen LogP contribution is 2.47. The molecule has 0 saturated heterocycles. The molecule has 0 aliphatic heterocycles. The zero-order valence-electron chi connectivity index (χ0n) is 12.8. The van der Waals surface area contributed by atoms with Gasteiger partial charge in [-0.2, -0.15) is 0 Å². The first-order valence-electron chi connectivity index (χ1n) is 7.37. The summed E-state index contributed by atoms with van der Waals surface area (Å²) in [5, 5.41) is 12.1. The van der Waals surface area contributed by atoms with Gasteiger partial charge < -0.3 is 10.4 Å². The maximum Gasteiger partial charge on any atom is 0.224 e. The minimum Gasteiger partial charge on any atom is -0.394 e. The quantitative estimate of drug-likeness (QED) is 0.868. The lowest BCUT2D eigenvalue weighted by atomic mass is 9.99. The largest absolute Gasteiger partial charge is 0.394 e. The molecule has 3 nitrogen and oxygen atoms in total. The van der Waals surface area contributed by atoms with Gasteiger partial charge in [0.25, 0.3) is 0 Å². The Balaban J connectivity index is 1.96. The molecule has 0 bridgehead atoms. The van der Waals surface area contributed by atoms with E-state index in [0.29, 0.717) is 11.8 Å². The van der Waals surface area contributed by atoms with Crippen LogP contribution in [0.15, 0.2) is 24.3 Å². The fourth-order valence-electron chi connectivity index (χ4n) is 2.45. The zero-order valence-corrected chi connectivity index (χ0v) is 12.8. The van der Waals surface area contributed by atoms with Gasteiger partial charge in [0, 0.05) is 5.92 Å².